The van der Waals surface area contributed by atoms with E-state index in [2.05, 4.69) is 33.2 Å². The Morgan fingerprint density at radius 2 is 2.35 bits per heavy atom. The van der Waals surface area contributed by atoms with Crippen LogP contribution in [-0.4, -0.2) is 44.2 Å². The van der Waals surface area contributed by atoms with E-state index in [4.69, 9.17) is 4.74 Å². The third-order valence-electron chi connectivity index (χ3n) is 3.84. The zero-order valence-corrected chi connectivity index (χ0v) is 13.6. The van der Waals surface area contributed by atoms with E-state index in [-0.39, 0.29) is 5.97 Å². The van der Waals surface area contributed by atoms with E-state index in [1.54, 1.807) is 6.07 Å². The average Bonchev–Trinajstić information content (AvgIpc) is 2.85. The summed E-state index contributed by atoms with van der Waals surface area (Å²) in [5.74, 6) is -0.308. The molecule has 20 heavy (non-hydrogen) atoms. The number of likely N-dealkylation sites (tertiary alicyclic amines) is 1. The number of ether oxygens (including phenoxy) is 1. The van der Waals surface area contributed by atoms with Crippen molar-refractivity contribution in [1.82, 2.24) is 10.2 Å². The first-order chi connectivity index (χ1) is 9.61. The van der Waals surface area contributed by atoms with E-state index in [9.17, 15) is 4.79 Å². The average molecular weight is 341 g/mol. The van der Waals surface area contributed by atoms with Crippen LogP contribution in [0.4, 0.5) is 0 Å². The Bertz CT molecular complexity index is 479. The molecule has 0 spiro atoms. The molecule has 2 rings (SSSR count). The lowest BCUT2D eigenvalue weighted by molar-refractivity contribution is 0.0600. The fourth-order valence-electron chi connectivity index (χ4n) is 2.55. The molecular formula is C15H21BrN2O2. The molecule has 1 unspecified atom stereocenters. The van der Waals surface area contributed by atoms with E-state index < -0.39 is 0 Å². The van der Waals surface area contributed by atoms with E-state index in [1.165, 1.54) is 26.5 Å². The van der Waals surface area contributed by atoms with E-state index >= 15 is 0 Å². The number of hydrogen-bond donors (Lipinski definition) is 1. The van der Waals surface area contributed by atoms with Gasteiger partial charge in [-0.15, -0.1) is 0 Å². The Hall–Kier alpha value is -0.910. The van der Waals surface area contributed by atoms with Gasteiger partial charge in [0.15, 0.2) is 0 Å². The molecule has 0 saturated carbocycles. The molecule has 0 radical (unpaired) electrons. The van der Waals surface area contributed by atoms with Gasteiger partial charge in [0.1, 0.15) is 0 Å². The van der Waals surface area contributed by atoms with Crippen molar-refractivity contribution in [3.63, 3.8) is 0 Å². The summed E-state index contributed by atoms with van der Waals surface area (Å²) in [5.41, 5.74) is 1.72. The standard InChI is InChI=1S/C15H21BrN2O2/c1-18-7-3-4-13(18)10-17-9-12-6-5-11(8-14(12)16)15(19)20-2/h5-6,8,13,17H,3-4,7,9-10H2,1-2H3. The summed E-state index contributed by atoms with van der Waals surface area (Å²) in [7, 11) is 3.57. The number of methoxy groups -OCH3 is 1. The Kier molecular flexibility index (Phi) is 5.57. The zero-order chi connectivity index (χ0) is 14.5. The Labute approximate surface area is 128 Å². The predicted molar refractivity (Wildman–Crippen MR) is 82.8 cm³/mol. The monoisotopic (exact) mass is 340 g/mol. The van der Waals surface area contributed by atoms with Crippen molar-refractivity contribution in [2.75, 3.05) is 27.2 Å². The predicted octanol–water partition coefficient (Wildman–Crippen LogP) is 2.42. The summed E-state index contributed by atoms with van der Waals surface area (Å²) in [6.45, 7) is 3.00. The van der Waals surface area contributed by atoms with Crippen LogP contribution in [0, 0.1) is 0 Å². The highest BCUT2D eigenvalue weighted by atomic mass is 79.9. The van der Waals surface area contributed by atoms with Crippen molar-refractivity contribution in [3.8, 4) is 0 Å². The molecule has 1 fully saturated rings. The molecule has 5 heteroatoms. The molecule has 1 aliphatic rings. The fraction of sp³-hybridized carbons (Fsp3) is 0.533. The van der Waals surface area contributed by atoms with Crippen LogP contribution in [0.2, 0.25) is 0 Å². The van der Waals surface area contributed by atoms with E-state index in [1.807, 2.05) is 12.1 Å². The minimum absolute atomic E-state index is 0.308. The molecule has 4 nitrogen and oxygen atoms in total. The molecule has 0 amide bonds. The normalized spacial score (nSPS) is 19.2. The van der Waals surface area contributed by atoms with Crippen molar-refractivity contribution < 1.29 is 9.53 Å². The lowest BCUT2D eigenvalue weighted by atomic mass is 10.1. The fourth-order valence-corrected chi connectivity index (χ4v) is 3.07. The van der Waals surface area contributed by atoms with Gasteiger partial charge in [-0.3, -0.25) is 0 Å². The van der Waals surface area contributed by atoms with Crippen LogP contribution in [0.15, 0.2) is 22.7 Å². The third kappa shape index (κ3) is 3.81. The highest BCUT2D eigenvalue weighted by molar-refractivity contribution is 9.10. The number of rotatable bonds is 5. The summed E-state index contributed by atoms with van der Waals surface area (Å²) in [5, 5.41) is 3.49. The lowest BCUT2D eigenvalue weighted by Gasteiger charge is -2.20. The summed E-state index contributed by atoms with van der Waals surface area (Å²) < 4.78 is 5.65. The van der Waals surface area contributed by atoms with Gasteiger partial charge in [0, 0.05) is 23.6 Å². The summed E-state index contributed by atoms with van der Waals surface area (Å²) in [4.78, 5) is 13.8. The minimum Gasteiger partial charge on any atom is -0.465 e. The lowest BCUT2D eigenvalue weighted by Crippen LogP contribution is -2.35. The van der Waals surface area contributed by atoms with Gasteiger partial charge in [0.25, 0.3) is 0 Å². The zero-order valence-electron chi connectivity index (χ0n) is 12.0. The maximum Gasteiger partial charge on any atom is 0.337 e. The number of nitrogens with one attached hydrogen (secondary N) is 1. The minimum atomic E-state index is -0.308. The number of esters is 1. The molecule has 1 aliphatic heterocycles. The summed E-state index contributed by atoms with van der Waals surface area (Å²) >= 11 is 3.51. The quantitative estimate of drug-likeness (QED) is 0.836. The number of halogens is 1. The molecule has 0 aliphatic carbocycles. The van der Waals surface area contributed by atoms with Crippen LogP contribution in [0.1, 0.15) is 28.8 Å². The molecule has 1 aromatic carbocycles. The SMILES string of the molecule is COC(=O)c1ccc(CNCC2CCCN2C)c(Br)c1. The molecule has 0 bridgehead atoms. The molecule has 1 aromatic rings. The number of hydrogen-bond acceptors (Lipinski definition) is 4. The van der Waals surface area contributed by atoms with E-state index in [0.717, 1.165) is 23.1 Å². The Balaban J connectivity index is 1.88. The van der Waals surface area contributed by atoms with E-state index in [0.29, 0.717) is 11.6 Å². The second-order valence-electron chi connectivity index (χ2n) is 5.21. The van der Waals surface area contributed by atoms with Gasteiger partial charge < -0.3 is 15.0 Å². The second-order valence-corrected chi connectivity index (χ2v) is 6.06. The van der Waals surface area contributed by atoms with Crippen molar-refractivity contribution in [2.24, 2.45) is 0 Å². The maximum atomic E-state index is 11.4. The number of carbonyl (C=O) groups excluding carboxylic acids is 1. The number of carbonyl (C=O) groups is 1. The van der Waals surface area contributed by atoms with Gasteiger partial charge in [0.2, 0.25) is 0 Å². The first-order valence-corrected chi connectivity index (χ1v) is 7.69. The molecule has 1 N–H and O–H groups in total. The largest absolute Gasteiger partial charge is 0.465 e. The highest BCUT2D eigenvalue weighted by Crippen LogP contribution is 2.19. The van der Waals surface area contributed by atoms with Gasteiger partial charge in [-0.1, -0.05) is 22.0 Å². The van der Waals surface area contributed by atoms with Crippen molar-refractivity contribution in [2.45, 2.75) is 25.4 Å². The van der Waals surface area contributed by atoms with Crippen LogP contribution in [0.3, 0.4) is 0 Å². The number of benzene rings is 1. The van der Waals surface area contributed by atoms with Crippen LogP contribution in [0.25, 0.3) is 0 Å². The first-order valence-electron chi connectivity index (χ1n) is 6.89. The van der Waals surface area contributed by atoms with Crippen LogP contribution >= 0.6 is 15.9 Å². The Morgan fingerprint density at radius 1 is 1.55 bits per heavy atom. The van der Waals surface area contributed by atoms with Crippen LogP contribution in [0.5, 0.6) is 0 Å². The van der Waals surface area contributed by atoms with Crippen LogP contribution in [-0.2, 0) is 11.3 Å². The molecule has 110 valence electrons. The summed E-state index contributed by atoms with van der Waals surface area (Å²) in [6, 6.07) is 6.21. The number of likely N-dealkylation sites (N-methyl/N-ethyl adjacent to an activating group) is 1. The van der Waals surface area contributed by atoms with Gasteiger partial charge >= 0.3 is 5.97 Å². The molecule has 1 atom stereocenters. The van der Waals surface area contributed by atoms with Gasteiger partial charge in [-0.25, -0.2) is 4.79 Å². The third-order valence-corrected chi connectivity index (χ3v) is 4.58. The topological polar surface area (TPSA) is 41.6 Å². The summed E-state index contributed by atoms with van der Waals surface area (Å²) in [6.07, 6.45) is 2.56. The van der Waals surface area contributed by atoms with Crippen molar-refractivity contribution in [1.29, 1.82) is 0 Å². The second kappa shape index (κ2) is 7.20. The molecule has 0 aromatic heterocycles. The van der Waals surface area contributed by atoms with Gasteiger partial charge in [0.05, 0.1) is 12.7 Å². The van der Waals surface area contributed by atoms with Gasteiger partial charge in [-0.05, 0) is 44.1 Å². The number of nitrogens with zero attached hydrogens (tertiary/aromatic N) is 1. The van der Waals surface area contributed by atoms with Crippen LogP contribution < -0.4 is 5.32 Å². The maximum absolute atomic E-state index is 11.4. The van der Waals surface area contributed by atoms with Crippen molar-refractivity contribution >= 4 is 21.9 Å². The molecule has 1 heterocycles. The Morgan fingerprint density at radius 3 is 2.95 bits per heavy atom. The molecular weight excluding hydrogens is 320 g/mol. The first kappa shape index (κ1) is 15.5. The molecule has 1 saturated heterocycles. The van der Waals surface area contributed by atoms with Gasteiger partial charge in [-0.2, -0.15) is 0 Å². The van der Waals surface area contributed by atoms with Crippen molar-refractivity contribution in [3.05, 3.63) is 33.8 Å². The smallest absolute Gasteiger partial charge is 0.337 e. The highest BCUT2D eigenvalue weighted by Gasteiger charge is 2.20.